The number of nitrogens with zero attached hydrogens (tertiary/aromatic N) is 4. The first-order chi connectivity index (χ1) is 9.72. The molecule has 0 atom stereocenters. The highest BCUT2D eigenvalue weighted by Crippen LogP contribution is 2.11. The van der Waals surface area contributed by atoms with Gasteiger partial charge in [-0.25, -0.2) is 0 Å². The summed E-state index contributed by atoms with van der Waals surface area (Å²) in [7, 11) is 0. The Bertz CT molecular complexity index is 614. The third kappa shape index (κ3) is 3.20. The molecule has 2 rings (SSSR count). The van der Waals surface area contributed by atoms with Crippen molar-refractivity contribution in [1.29, 1.82) is 5.26 Å². The van der Waals surface area contributed by atoms with Crippen LogP contribution in [0.4, 0.5) is 0 Å². The number of carbonyl (C=O) groups excluding carboxylic acids is 1. The maximum Gasteiger partial charge on any atom is 0.257 e. The zero-order chi connectivity index (χ0) is 14.4. The molecule has 0 spiro atoms. The molecule has 0 radical (unpaired) electrons. The Hall–Kier alpha value is -2.68. The molecule has 0 aromatic carbocycles. The van der Waals surface area contributed by atoms with Gasteiger partial charge in [-0.1, -0.05) is 6.07 Å². The van der Waals surface area contributed by atoms with E-state index in [1.165, 1.54) is 6.20 Å². The summed E-state index contributed by atoms with van der Waals surface area (Å²) < 4.78 is 0. The summed E-state index contributed by atoms with van der Waals surface area (Å²) in [6.45, 7) is 2.61. The number of pyridine rings is 1. The highest BCUT2D eigenvalue weighted by atomic mass is 16.2. The molecular weight excluding hydrogens is 254 g/mol. The molecule has 0 bridgehead atoms. The molecule has 0 saturated carbocycles. The van der Waals surface area contributed by atoms with Gasteiger partial charge in [-0.05, 0) is 18.6 Å². The zero-order valence-corrected chi connectivity index (χ0v) is 11.2. The predicted molar refractivity (Wildman–Crippen MR) is 72.5 cm³/mol. The van der Waals surface area contributed by atoms with E-state index in [-0.39, 0.29) is 5.91 Å². The number of aromatic nitrogens is 3. The molecule has 102 valence electrons. The largest absolute Gasteiger partial charge is 0.333 e. The molecule has 1 N–H and O–H groups in total. The lowest BCUT2D eigenvalue weighted by molar-refractivity contribution is 0.0746. The number of hydrogen-bond acceptors (Lipinski definition) is 4. The summed E-state index contributed by atoms with van der Waals surface area (Å²) in [4.78, 5) is 18.1. The lowest BCUT2D eigenvalue weighted by Gasteiger charge is -2.21. The van der Waals surface area contributed by atoms with Gasteiger partial charge in [0.05, 0.1) is 24.3 Å². The van der Waals surface area contributed by atoms with Gasteiger partial charge in [-0.3, -0.25) is 14.9 Å². The number of aromatic amines is 1. The molecule has 0 aliphatic rings. The van der Waals surface area contributed by atoms with Crippen molar-refractivity contribution < 1.29 is 4.79 Å². The van der Waals surface area contributed by atoms with Crippen LogP contribution in [0.25, 0.3) is 0 Å². The molecule has 0 aliphatic carbocycles. The maximum absolute atomic E-state index is 12.5. The Kier molecular flexibility index (Phi) is 4.45. The fraction of sp³-hybridized carbons (Fsp3) is 0.286. The molecule has 0 fully saturated rings. The highest BCUT2D eigenvalue weighted by Gasteiger charge is 2.19. The van der Waals surface area contributed by atoms with Crippen molar-refractivity contribution in [3.63, 3.8) is 0 Å². The van der Waals surface area contributed by atoms with E-state index in [9.17, 15) is 4.79 Å². The van der Waals surface area contributed by atoms with Gasteiger partial charge in [0.2, 0.25) is 0 Å². The Labute approximate surface area is 117 Å². The first-order valence-electron chi connectivity index (χ1n) is 6.27. The van der Waals surface area contributed by atoms with Crippen LogP contribution >= 0.6 is 0 Å². The van der Waals surface area contributed by atoms with Crippen LogP contribution < -0.4 is 0 Å². The van der Waals surface area contributed by atoms with E-state index in [1.807, 2.05) is 12.1 Å². The van der Waals surface area contributed by atoms with Gasteiger partial charge in [0.15, 0.2) is 0 Å². The first kappa shape index (κ1) is 13.7. The number of H-pyrrole nitrogens is 1. The second kappa shape index (κ2) is 6.48. The summed E-state index contributed by atoms with van der Waals surface area (Å²) >= 11 is 0. The van der Waals surface area contributed by atoms with E-state index in [4.69, 9.17) is 5.26 Å². The summed E-state index contributed by atoms with van der Waals surface area (Å²) in [5.74, 6) is -0.129. The quantitative estimate of drug-likeness (QED) is 0.894. The molecule has 2 aromatic rings. The minimum atomic E-state index is -0.129. The minimum Gasteiger partial charge on any atom is -0.333 e. The van der Waals surface area contributed by atoms with Crippen LogP contribution in [-0.4, -0.2) is 32.5 Å². The van der Waals surface area contributed by atoms with Crippen molar-refractivity contribution in [3.8, 4) is 6.07 Å². The van der Waals surface area contributed by atoms with E-state index in [0.29, 0.717) is 25.1 Å². The van der Waals surface area contributed by atoms with E-state index in [1.54, 1.807) is 24.2 Å². The predicted octanol–water partition coefficient (Wildman–Crippen LogP) is 1.67. The first-order valence-corrected chi connectivity index (χ1v) is 6.27. The second-order valence-corrected chi connectivity index (χ2v) is 4.40. The molecule has 6 heteroatoms. The second-order valence-electron chi connectivity index (χ2n) is 4.40. The van der Waals surface area contributed by atoms with E-state index < -0.39 is 0 Å². The average molecular weight is 269 g/mol. The van der Waals surface area contributed by atoms with Crippen LogP contribution in [-0.2, 0) is 6.54 Å². The van der Waals surface area contributed by atoms with Crippen LogP contribution in [0.3, 0.4) is 0 Å². The smallest absolute Gasteiger partial charge is 0.257 e. The number of aryl methyl sites for hydroxylation is 1. The Morgan fingerprint density at radius 1 is 1.50 bits per heavy atom. The number of nitriles is 1. The fourth-order valence-electron chi connectivity index (χ4n) is 1.89. The monoisotopic (exact) mass is 269 g/mol. The molecule has 2 heterocycles. The Morgan fingerprint density at radius 2 is 2.35 bits per heavy atom. The lowest BCUT2D eigenvalue weighted by atomic mass is 10.2. The van der Waals surface area contributed by atoms with Crippen molar-refractivity contribution in [2.75, 3.05) is 6.54 Å². The van der Waals surface area contributed by atoms with Crippen molar-refractivity contribution in [2.24, 2.45) is 0 Å². The molecular formula is C14H15N5O. The SMILES string of the molecule is Cc1[nH]ncc1C(=O)N(CCC#N)Cc1cccnc1. The molecule has 0 saturated heterocycles. The van der Waals surface area contributed by atoms with Gasteiger partial charge >= 0.3 is 0 Å². The van der Waals surface area contributed by atoms with Crippen molar-refractivity contribution in [3.05, 3.63) is 47.5 Å². The van der Waals surface area contributed by atoms with Gasteiger partial charge in [-0.15, -0.1) is 0 Å². The third-order valence-electron chi connectivity index (χ3n) is 2.94. The van der Waals surface area contributed by atoms with Crippen LogP contribution in [0.1, 0.15) is 28.0 Å². The van der Waals surface area contributed by atoms with Crippen LogP contribution in [0.15, 0.2) is 30.7 Å². The van der Waals surface area contributed by atoms with Gasteiger partial charge in [-0.2, -0.15) is 10.4 Å². The lowest BCUT2D eigenvalue weighted by Crippen LogP contribution is -2.31. The van der Waals surface area contributed by atoms with Crippen LogP contribution in [0.2, 0.25) is 0 Å². The molecule has 20 heavy (non-hydrogen) atoms. The van der Waals surface area contributed by atoms with Crippen molar-refractivity contribution in [1.82, 2.24) is 20.1 Å². The van der Waals surface area contributed by atoms with Gasteiger partial charge in [0.25, 0.3) is 5.91 Å². The number of rotatable bonds is 5. The Balaban J connectivity index is 2.17. The number of nitrogens with one attached hydrogen (secondary N) is 1. The number of carbonyl (C=O) groups is 1. The third-order valence-corrected chi connectivity index (χ3v) is 2.94. The zero-order valence-electron chi connectivity index (χ0n) is 11.2. The van der Waals surface area contributed by atoms with Gasteiger partial charge in [0, 0.05) is 31.2 Å². The summed E-state index contributed by atoms with van der Waals surface area (Å²) in [6, 6.07) is 5.80. The summed E-state index contributed by atoms with van der Waals surface area (Å²) in [5, 5.41) is 15.3. The topological polar surface area (TPSA) is 85.7 Å². The van der Waals surface area contributed by atoms with Gasteiger partial charge in [0.1, 0.15) is 0 Å². The van der Waals surface area contributed by atoms with E-state index in [0.717, 1.165) is 11.3 Å². The highest BCUT2D eigenvalue weighted by molar-refractivity contribution is 5.95. The Morgan fingerprint density at radius 3 is 2.95 bits per heavy atom. The maximum atomic E-state index is 12.5. The normalized spacial score (nSPS) is 10.0. The standard InChI is InChI=1S/C14H15N5O/c1-11-13(9-17-18-11)14(20)19(7-3-5-15)10-12-4-2-6-16-8-12/h2,4,6,8-9H,3,7,10H2,1H3,(H,17,18). The van der Waals surface area contributed by atoms with Crippen molar-refractivity contribution in [2.45, 2.75) is 19.9 Å². The minimum absolute atomic E-state index is 0.129. The van der Waals surface area contributed by atoms with Crippen molar-refractivity contribution >= 4 is 5.91 Å². The van der Waals surface area contributed by atoms with Gasteiger partial charge < -0.3 is 4.90 Å². The average Bonchev–Trinajstić information content (AvgIpc) is 2.90. The number of amides is 1. The molecule has 6 nitrogen and oxygen atoms in total. The van der Waals surface area contributed by atoms with Crippen LogP contribution in [0.5, 0.6) is 0 Å². The van der Waals surface area contributed by atoms with E-state index >= 15 is 0 Å². The molecule has 1 amide bonds. The van der Waals surface area contributed by atoms with Crippen LogP contribution in [0, 0.1) is 18.3 Å². The summed E-state index contributed by atoms with van der Waals surface area (Å²) in [6.07, 6.45) is 5.21. The molecule has 0 unspecified atom stereocenters. The molecule has 0 aliphatic heterocycles. The number of hydrogen-bond donors (Lipinski definition) is 1. The summed E-state index contributed by atoms with van der Waals surface area (Å²) in [5.41, 5.74) is 2.19. The fourth-order valence-corrected chi connectivity index (χ4v) is 1.89. The molecule has 2 aromatic heterocycles. The van der Waals surface area contributed by atoms with E-state index in [2.05, 4.69) is 21.3 Å².